The van der Waals surface area contributed by atoms with Crippen molar-refractivity contribution in [2.75, 3.05) is 6.54 Å². The Labute approximate surface area is 152 Å². The van der Waals surface area contributed by atoms with Gasteiger partial charge in [-0.1, -0.05) is 6.42 Å². The van der Waals surface area contributed by atoms with E-state index >= 15 is 0 Å². The zero-order valence-electron chi connectivity index (χ0n) is 15.4. The van der Waals surface area contributed by atoms with Gasteiger partial charge in [0.2, 0.25) is 11.8 Å². The minimum absolute atomic E-state index is 0.467. The number of rotatable bonds is 10. The third-order valence-corrected chi connectivity index (χ3v) is 3.18. The molecule has 0 saturated carbocycles. The lowest BCUT2D eigenvalue weighted by atomic mass is 10.1. The molecule has 4 atom stereocenters. The van der Waals surface area contributed by atoms with Crippen molar-refractivity contribution >= 4 is 23.8 Å². The van der Waals surface area contributed by atoms with E-state index in [1.807, 2.05) is 0 Å². The van der Waals surface area contributed by atoms with Gasteiger partial charge in [-0.2, -0.15) is 0 Å². The Hall–Kier alpha value is -2.24. The summed E-state index contributed by atoms with van der Waals surface area (Å²) in [5, 5.41) is 21.5. The average Bonchev–Trinajstić information content (AvgIpc) is 2.54. The molecule has 0 aliphatic carbocycles. The molecule has 11 heteroatoms. The summed E-state index contributed by atoms with van der Waals surface area (Å²) in [5.41, 5.74) is 15.7. The highest BCUT2D eigenvalue weighted by Crippen LogP contribution is 1.97. The minimum Gasteiger partial charge on any atom is -0.480 e. The molecular formula is C15H31N5O6. The van der Waals surface area contributed by atoms with Crippen LogP contribution in [0.25, 0.3) is 0 Å². The van der Waals surface area contributed by atoms with E-state index < -0.39 is 47.9 Å². The van der Waals surface area contributed by atoms with Gasteiger partial charge >= 0.3 is 11.9 Å². The summed E-state index contributed by atoms with van der Waals surface area (Å²) in [6, 6.07) is -3.25. The highest BCUT2D eigenvalue weighted by molar-refractivity contribution is 5.91. The summed E-state index contributed by atoms with van der Waals surface area (Å²) in [6.45, 7) is 4.87. The molecule has 0 heterocycles. The second-order valence-corrected chi connectivity index (χ2v) is 5.82. The molecule has 0 aliphatic rings. The normalized spacial score (nSPS) is 14.7. The number of unbranched alkanes of at least 4 members (excludes halogenated alkanes) is 1. The lowest BCUT2D eigenvalue weighted by molar-refractivity contribution is -0.141. The maximum atomic E-state index is 11.4. The van der Waals surface area contributed by atoms with Crippen molar-refractivity contribution < 1.29 is 29.4 Å². The van der Waals surface area contributed by atoms with Gasteiger partial charge < -0.3 is 38.0 Å². The van der Waals surface area contributed by atoms with Crippen LogP contribution in [0.4, 0.5) is 0 Å². The molecule has 0 rings (SSSR count). The van der Waals surface area contributed by atoms with Crippen molar-refractivity contribution in [1.82, 2.24) is 10.6 Å². The average molecular weight is 377 g/mol. The highest BCUT2D eigenvalue weighted by atomic mass is 16.4. The van der Waals surface area contributed by atoms with E-state index in [-0.39, 0.29) is 0 Å². The summed E-state index contributed by atoms with van der Waals surface area (Å²) in [4.78, 5) is 43.1. The van der Waals surface area contributed by atoms with Crippen molar-refractivity contribution in [3.63, 3.8) is 0 Å². The zero-order valence-corrected chi connectivity index (χ0v) is 15.4. The zero-order chi connectivity index (χ0) is 20.9. The lowest BCUT2D eigenvalue weighted by Crippen LogP contribution is -2.52. The Morgan fingerprint density at radius 3 is 1.73 bits per heavy atom. The Morgan fingerprint density at radius 2 is 1.35 bits per heavy atom. The lowest BCUT2D eigenvalue weighted by Gasteiger charge is -2.17. The molecule has 0 fully saturated rings. The standard InChI is InChI=1S/C9H17N3O4.C6H14N2O2/c1-4(10)7(13)11-5(2)8(14)12-6(3)9(15)16;7-4-2-1-3-5(8)6(9)10/h4-6H,10H2,1-3H3,(H,11,13)(H,12,14)(H,15,16);5H,1-4,7-8H2,(H,9,10)/t4-,5-,6-;5-/m00/s1. The fourth-order valence-corrected chi connectivity index (χ4v) is 1.44. The van der Waals surface area contributed by atoms with Crippen LogP contribution in [0.3, 0.4) is 0 Å². The molecular weight excluding hydrogens is 346 g/mol. The number of carboxylic acid groups (broad SMARTS) is 2. The summed E-state index contributed by atoms with van der Waals surface area (Å²) in [6.07, 6.45) is 2.16. The first-order valence-corrected chi connectivity index (χ1v) is 8.21. The molecule has 0 unspecified atom stereocenters. The van der Waals surface area contributed by atoms with Crippen LogP contribution in [0.5, 0.6) is 0 Å². The minimum atomic E-state index is -1.14. The molecule has 0 aromatic heterocycles. The molecule has 0 saturated heterocycles. The first-order valence-electron chi connectivity index (χ1n) is 8.21. The number of aliphatic carboxylic acids is 2. The molecule has 10 N–H and O–H groups in total. The third-order valence-electron chi connectivity index (χ3n) is 3.18. The number of hydrogen-bond donors (Lipinski definition) is 7. The number of amides is 2. The quantitative estimate of drug-likeness (QED) is 0.208. The van der Waals surface area contributed by atoms with Crippen molar-refractivity contribution in [1.29, 1.82) is 0 Å². The first kappa shape index (κ1) is 26.0. The monoisotopic (exact) mass is 377 g/mol. The number of nitrogens with one attached hydrogen (secondary N) is 2. The SMILES string of the molecule is C[C@H](N)C(=O)N[C@@H](C)C(=O)N[C@@H](C)C(=O)O.NCCCC[C@H](N)C(=O)O. The molecule has 2 amide bonds. The van der Waals surface area contributed by atoms with Gasteiger partial charge in [0.1, 0.15) is 18.1 Å². The van der Waals surface area contributed by atoms with Crippen LogP contribution in [0.1, 0.15) is 40.0 Å². The molecule has 0 aromatic rings. The first-order chi connectivity index (χ1) is 11.9. The highest BCUT2D eigenvalue weighted by Gasteiger charge is 2.21. The van der Waals surface area contributed by atoms with Gasteiger partial charge in [-0.3, -0.25) is 19.2 Å². The number of carbonyl (C=O) groups excluding carboxylic acids is 2. The van der Waals surface area contributed by atoms with Crippen LogP contribution in [0.2, 0.25) is 0 Å². The maximum Gasteiger partial charge on any atom is 0.325 e. The topological polar surface area (TPSA) is 211 Å². The fraction of sp³-hybridized carbons (Fsp3) is 0.733. The van der Waals surface area contributed by atoms with Crippen LogP contribution in [-0.2, 0) is 19.2 Å². The van der Waals surface area contributed by atoms with Crippen molar-refractivity contribution in [2.45, 2.75) is 64.2 Å². The van der Waals surface area contributed by atoms with E-state index in [1.54, 1.807) is 0 Å². The summed E-state index contributed by atoms with van der Waals surface area (Å²) >= 11 is 0. The Bertz CT molecular complexity index is 471. The van der Waals surface area contributed by atoms with Gasteiger partial charge in [0.15, 0.2) is 0 Å². The van der Waals surface area contributed by atoms with E-state index in [0.717, 1.165) is 12.8 Å². The Morgan fingerprint density at radius 1 is 0.846 bits per heavy atom. The summed E-state index contributed by atoms with van der Waals surface area (Å²) in [7, 11) is 0. The number of nitrogens with two attached hydrogens (primary N) is 3. The molecule has 0 aliphatic heterocycles. The Balaban J connectivity index is 0. The summed E-state index contributed by atoms with van der Waals surface area (Å²) < 4.78 is 0. The molecule has 0 bridgehead atoms. The van der Waals surface area contributed by atoms with Crippen LogP contribution in [-0.4, -0.2) is 64.7 Å². The van der Waals surface area contributed by atoms with Crippen molar-refractivity contribution in [2.24, 2.45) is 17.2 Å². The van der Waals surface area contributed by atoms with Crippen LogP contribution >= 0.6 is 0 Å². The largest absolute Gasteiger partial charge is 0.480 e. The maximum absolute atomic E-state index is 11.4. The smallest absolute Gasteiger partial charge is 0.325 e. The van der Waals surface area contributed by atoms with Crippen molar-refractivity contribution in [3.8, 4) is 0 Å². The molecule has 11 nitrogen and oxygen atoms in total. The molecule has 26 heavy (non-hydrogen) atoms. The van der Waals surface area contributed by atoms with E-state index in [1.165, 1.54) is 20.8 Å². The van der Waals surface area contributed by atoms with Gasteiger partial charge in [-0.25, -0.2) is 0 Å². The number of carboxylic acids is 2. The van der Waals surface area contributed by atoms with E-state index in [0.29, 0.717) is 13.0 Å². The third kappa shape index (κ3) is 13.1. The van der Waals surface area contributed by atoms with E-state index in [4.69, 9.17) is 27.4 Å². The number of carbonyl (C=O) groups is 4. The van der Waals surface area contributed by atoms with Gasteiger partial charge in [0.05, 0.1) is 6.04 Å². The fourth-order valence-electron chi connectivity index (χ4n) is 1.44. The predicted octanol–water partition coefficient (Wildman–Crippen LogP) is -2.05. The molecule has 152 valence electrons. The predicted molar refractivity (Wildman–Crippen MR) is 95.0 cm³/mol. The molecule has 0 radical (unpaired) electrons. The van der Waals surface area contributed by atoms with Gasteiger partial charge in [-0.05, 0) is 40.2 Å². The Kier molecular flexibility index (Phi) is 14.0. The number of hydrogen-bond acceptors (Lipinski definition) is 7. The van der Waals surface area contributed by atoms with Gasteiger partial charge in [0, 0.05) is 0 Å². The van der Waals surface area contributed by atoms with Crippen LogP contribution < -0.4 is 27.8 Å². The molecule has 0 spiro atoms. The van der Waals surface area contributed by atoms with Crippen LogP contribution in [0, 0.1) is 0 Å². The van der Waals surface area contributed by atoms with E-state index in [9.17, 15) is 19.2 Å². The van der Waals surface area contributed by atoms with Crippen LogP contribution in [0.15, 0.2) is 0 Å². The second-order valence-electron chi connectivity index (χ2n) is 5.82. The summed E-state index contributed by atoms with van der Waals surface area (Å²) in [5.74, 6) is -3.11. The van der Waals surface area contributed by atoms with Gasteiger partial charge in [0.25, 0.3) is 0 Å². The molecule has 0 aromatic carbocycles. The second kappa shape index (κ2) is 14.0. The van der Waals surface area contributed by atoms with Crippen molar-refractivity contribution in [3.05, 3.63) is 0 Å². The van der Waals surface area contributed by atoms with E-state index in [2.05, 4.69) is 10.6 Å². The van der Waals surface area contributed by atoms with Gasteiger partial charge in [-0.15, -0.1) is 0 Å².